The van der Waals surface area contributed by atoms with Gasteiger partial charge in [0.1, 0.15) is 6.20 Å². The van der Waals surface area contributed by atoms with Gasteiger partial charge in [-0.25, -0.2) is 4.98 Å². The van der Waals surface area contributed by atoms with Crippen LogP contribution in [0.25, 0.3) is 0 Å². The lowest BCUT2D eigenvalue weighted by Crippen LogP contribution is -2.15. The Balaban J connectivity index is 2.44. The first-order chi connectivity index (χ1) is 8.17. The van der Waals surface area contributed by atoms with Crippen LogP contribution in [0.3, 0.4) is 0 Å². The Morgan fingerprint density at radius 2 is 2.41 bits per heavy atom. The molecule has 0 fully saturated rings. The Labute approximate surface area is 104 Å². The molecule has 7 heteroatoms. The second-order valence-electron chi connectivity index (χ2n) is 3.81. The Hall–Kier alpha value is -1.21. The zero-order valence-electron chi connectivity index (χ0n) is 9.76. The highest BCUT2D eigenvalue weighted by Crippen LogP contribution is 2.25. The number of anilines is 1. The van der Waals surface area contributed by atoms with Crippen molar-refractivity contribution in [2.75, 3.05) is 18.5 Å². The average Bonchev–Trinajstić information content (AvgIpc) is 2.75. The van der Waals surface area contributed by atoms with E-state index in [9.17, 15) is 10.1 Å². The molecule has 96 valence electrons. The van der Waals surface area contributed by atoms with Crippen LogP contribution in [0.1, 0.15) is 26.2 Å². The normalized spacial score (nSPS) is 12.4. The Morgan fingerprint density at radius 1 is 1.65 bits per heavy atom. The predicted octanol–water partition coefficient (Wildman–Crippen LogP) is 2.26. The number of aromatic nitrogens is 1. The third kappa shape index (κ3) is 4.66. The van der Waals surface area contributed by atoms with Crippen LogP contribution < -0.4 is 5.32 Å². The molecule has 1 atom stereocenters. The van der Waals surface area contributed by atoms with E-state index in [1.54, 1.807) is 0 Å². The second kappa shape index (κ2) is 7.18. The maximum atomic E-state index is 10.5. The van der Waals surface area contributed by atoms with Crippen LogP contribution in [0.2, 0.25) is 0 Å². The Bertz CT molecular complexity index is 350. The van der Waals surface area contributed by atoms with Crippen molar-refractivity contribution in [1.29, 1.82) is 0 Å². The SMILES string of the molecule is CCCC(CCO)CNc1ncc([N+](=O)[O-])s1. The van der Waals surface area contributed by atoms with Gasteiger partial charge in [-0.3, -0.25) is 10.1 Å². The molecule has 0 spiro atoms. The lowest BCUT2D eigenvalue weighted by atomic mass is 10.0. The molecule has 0 aliphatic rings. The topological polar surface area (TPSA) is 88.3 Å². The first kappa shape index (κ1) is 13.9. The van der Waals surface area contributed by atoms with Crippen molar-refractivity contribution in [2.45, 2.75) is 26.2 Å². The number of nitrogens with one attached hydrogen (secondary N) is 1. The van der Waals surface area contributed by atoms with Crippen LogP contribution in [-0.4, -0.2) is 28.2 Å². The van der Waals surface area contributed by atoms with Gasteiger partial charge in [0.2, 0.25) is 0 Å². The summed E-state index contributed by atoms with van der Waals surface area (Å²) in [5.74, 6) is 0.382. The second-order valence-corrected chi connectivity index (χ2v) is 4.82. The summed E-state index contributed by atoms with van der Waals surface area (Å²) in [4.78, 5) is 14.0. The van der Waals surface area contributed by atoms with E-state index >= 15 is 0 Å². The van der Waals surface area contributed by atoms with Crippen molar-refractivity contribution < 1.29 is 10.0 Å². The zero-order chi connectivity index (χ0) is 12.7. The lowest BCUT2D eigenvalue weighted by molar-refractivity contribution is -0.380. The van der Waals surface area contributed by atoms with Gasteiger partial charge in [0.15, 0.2) is 5.13 Å². The average molecular weight is 259 g/mol. The number of hydrogen-bond donors (Lipinski definition) is 2. The Morgan fingerprint density at radius 3 is 2.94 bits per heavy atom. The maximum Gasteiger partial charge on any atom is 0.345 e. The highest BCUT2D eigenvalue weighted by Gasteiger charge is 2.12. The predicted molar refractivity (Wildman–Crippen MR) is 67.4 cm³/mol. The van der Waals surface area contributed by atoms with E-state index in [4.69, 9.17) is 5.11 Å². The quantitative estimate of drug-likeness (QED) is 0.552. The van der Waals surface area contributed by atoms with Crippen molar-refractivity contribution >= 4 is 21.5 Å². The van der Waals surface area contributed by atoms with Crippen molar-refractivity contribution in [3.8, 4) is 0 Å². The fraction of sp³-hybridized carbons (Fsp3) is 0.700. The monoisotopic (exact) mass is 259 g/mol. The summed E-state index contributed by atoms with van der Waals surface area (Å²) in [5.41, 5.74) is 0. The first-order valence-corrected chi connectivity index (χ1v) is 6.44. The molecular formula is C10H17N3O3S. The third-order valence-corrected chi connectivity index (χ3v) is 3.36. The van der Waals surface area contributed by atoms with E-state index in [1.807, 2.05) is 0 Å². The molecule has 0 bridgehead atoms. The van der Waals surface area contributed by atoms with Gasteiger partial charge in [0.25, 0.3) is 0 Å². The van der Waals surface area contributed by atoms with E-state index in [2.05, 4.69) is 17.2 Å². The fourth-order valence-corrected chi connectivity index (χ4v) is 2.24. The fourth-order valence-electron chi connectivity index (χ4n) is 1.60. The molecular weight excluding hydrogens is 242 g/mol. The summed E-state index contributed by atoms with van der Waals surface area (Å²) < 4.78 is 0. The summed E-state index contributed by atoms with van der Waals surface area (Å²) in [5, 5.41) is 23.1. The van der Waals surface area contributed by atoms with E-state index in [0.29, 0.717) is 17.6 Å². The molecule has 0 saturated carbocycles. The molecule has 0 amide bonds. The zero-order valence-corrected chi connectivity index (χ0v) is 10.6. The van der Waals surface area contributed by atoms with E-state index in [-0.39, 0.29) is 11.6 Å². The van der Waals surface area contributed by atoms with Gasteiger partial charge in [0, 0.05) is 13.2 Å². The van der Waals surface area contributed by atoms with Gasteiger partial charge in [-0.15, -0.1) is 0 Å². The molecule has 1 aromatic rings. The molecule has 2 N–H and O–H groups in total. The van der Waals surface area contributed by atoms with Crippen LogP contribution in [-0.2, 0) is 0 Å². The number of rotatable bonds is 8. The third-order valence-electron chi connectivity index (χ3n) is 2.45. The number of aliphatic hydroxyl groups is 1. The van der Waals surface area contributed by atoms with E-state index < -0.39 is 4.92 Å². The van der Waals surface area contributed by atoms with Gasteiger partial charge in [-0.05, 0) is 30.1 Å². The highest BCUT2D eigenvalue weighted by atomic mass is 32.1. The Kier molecular flexibility index (Phi) is 5.85. The molecule has 0 radical (unpaired) electrons. The van der Waals surface area contributed by atoms with Crippen molar-refractivity contribution in [2.24, 2.45) is 5.92 Å². The molecule has 1 unspecified atom stereocenters. The van der Waals surface area contributed by atoms with E-state index in [1.165, 1.54) is 6.20 Å². The van der Waals surface area contributed by atoms with Crippen molar-refractivity contribution in [1.82, 2.24) is 4.98 Å². The smallest absolute Gasteiger partial charge is 0.345 e. The summed E-state index contributed by atoms with van der Waals surface area (Å²) >= 11 is 1.04. The summed E-state index contributed by atoms with van der Waals surface area (Å²) in [6.07, 6.45) is 4.09. The minimum atomic E-state index is -0.444. The van der Waals surface area contributed by atoms with Crippen LogP contribution in [0.5, 0.6) is 0 Å². The standard InChI is InChI=1S/C10H17N3O3S/c1-2-3-8(4-5-14)6-11-10-12-7-9(17-10)13(15)16/h7-8,14H,2-6H2,1H3,(H,11,12). The van der Waals surface area contributed by atoms with E-state index in [0.717, 1.165) is 30.6 Å². The van der Waals surface area contributed by atoms with Crippen molar-refractivity contribution in [3.05, 3.63) is 16.3 Å². The number of hydrogen-bond acceptors (Lipinski definition) is 6. The molecule has 17 heavy (non-hydrogen) atoms. The number of thiazole rings is 1. The number of nitro groups is 1. The van der Waals surface area contributed by atoms with Crippen LogP contribution >= 0.6 is 11.3 Å². The van der Waals surface area contributed by atoms with Gasteiger partial charge in [-0.2, -0.15) is 0 Å². The number of nitrogens with zero attached hydrogens (tertiary/aromatic N) is 2. The molecule has 6 nitrogen and oxygen atoms in total. The minimum Gasteiger partial charge on any atom is -0.396 e. The largest absolute Gasteiger partial charge is 0.396 e. The van der Waals surface area contributed by atoms with Crippen LogP contribution in [0.4, 0.5) is 10.1 Å². The molecule has 1 rings (SSSR count). The van der Waals surface area contributed by atoms with Crippen LogP contribution in [0, 0.1) is 16.0 Å². The molecule has 0 aliphatic heterocycles. The summed E-state index contributed by atoms with van der Waals surface area (Å²) in [6, 6.07) is 0. The van der Waals surface area contributed by atoms with Crippen LogP contribution in [0.15, 0.2) is 6.20 Å². The molecule has 0 saturated heterocycles. The first-order valence-electron chi connectivity index (χ1n) is 5.62. The summed E-state index contributed by atoms with van der Waals surface area (Å²) in [7, 11) is 0. The summed E-state index contributed by atoms with van der Waals surface area (Å²) in [6.45, 7) is 2.96. The minimum absolute atomic E-state index is 0.0432. The molecule has 0 aliphatic carbocycles. The van der Waals surface area contributed by atoms with Gasteiger partial charge in [-0.1, -0.05) is 13.3 Å². The highest BCUT2D eigenvalue weighted by molar-refractivity contribution is 7.18. The van der Waals surface area contributed by atoms with Gasteiger partial charge in [0.05, 0.1) is 4.92 Å². The molecule has 1 heterocycles. The maximum absolute atomic E-state index is 10.5. The van der Waals surface area contributed by atoms with Crippen molar-refractivity contribution in [3.63, 3.8) is 0 Å². The molecule has 0 aromatic carbocycles. The van der Waals surface area contributed by atoms with Gasteiger partial charge >= 0.3 is 5.00 Å². The van der Waals surface area contributed by atoms with Gasteiger partial charge < -0.3 is 10.4 Å². The molecule has 1 aromatic heterocycles. The number of aliphatic hydroxyl groups excluding tert-OH is 1. The lowest BCUT2D eigenvalue weighted by Gasteiger charge is -2.14.